The largest absolute Gasteiger partial charge is 0.477 e. The number of carboxylic acids is 1. The maximum atomic E-state index is 11.8. The molecule has 0 aliphatic heterocycles. The molecule has 0 radical (unpaired) electrons. The summed E-state index contributed by atoms with van der Waals surface area (Å²) in [5.41, 5.74) is 0.0763. The van der Waals surface area contributed by atoms with Gasteiger partial charge in [0.05, 0.1) is 13.1 Å². The third kappa shape index (κ3) is 4.16. The molecule has 0 saturated carbocycles. The van der Waals surface area contributed by atoms with Gasteiger partial charge in [-0.1, -0.05) is 0 Å². The first kappa shape index (κ1) is 14.8. The minimum Gasteiger partial charge on any atom is -0.477 e. The van der Waals surface area contributed by atoms with Crippen LogP contribution in [0.4, 0.5) is 0 Å². The van der Waals surface area contributed by atoms with E-state index in [1.165, 1.54) is 16.9 Å². The van der Waals surface area contributed by atoms with Gasteiger partial charge >= 0.3 is 5.97 Å². The summed E-state index contributed by atoms with van der Waals surface area (Å²) >= 11 is 0. The minimum absolute atomic E-state index is 0.0611. The molecule has 0 aliphatic rings. The second-order valence-electron chi connectivity index (χ2n) is 4.69. The molecule has 2 N–H and O–H groups in total. The van der Waals surface area contributed by atoms with Crippen molar-refractivity contribution in [2.75, 3.05) is 0 Å². The van der Waals surface area contributed by atoms with Crippen molar-refractivity contribution in [3.63, 3.8) is 0 Å². The molecule has 1 unspecified atom stereocenters. The number of rotatable bonds is 7. The fraction of sp³-hybridized carbons (Fsp3) is 0.385. The van der Waals surface area contributed by atoms with Gasteiger partial charge in [-0.25, -0.2) is 4.79 Å². The number of hydrogen-bond acceptors (Lipinski definition) is 4. The molecule has 0 aliphatic carbocycles. The van der Waals surface area contributed by atoms with E-state index in [4.69, 9.17) is 5.11 Å². The first-order valence-corrected chi connectivity index (χ1v) is 6.58. The number of carbonyl (C=O) groups excluding carboxylic acids is 1. The molecule has 8 heteroatoms. The van der Waals surface area contributed by atoms with Crippen LogP contribution in [0.25, 0.3) is 0 Å². The van der Waals surface area contributed by atoms with E-state index < -0.39 is 5.97 Å². The van der Waals surface area contributed by atoms with Crippen molar-refractivity contribution in [1.82, 2.24) is 24.9 Å². The molecule has 1 atom stereocenters. The zero-order valence-corrected chi connectivity index (χ0v) is 11.6. The summed E-state index contributed by atoms with van der Waals surface area (Å²) in [6.45, 7) is 2.70. The molecule has 2 heterocycles. The number of carboxylic acid groups (broad SMARTS) is 1. The molecular formula is C13H17N5O3. The molecule has 21 heavy (non-hydrogen) atoms. The van der Waals surface area contributed by atoms with Crippen LogP contribution in [0.5, 0.6) is 0 Å². The first-order valence-electron chi connectivity index (χ1n) is 6.58. The van der Waals surface area contributed by atoms with Gasteiger partial charge < -0.3 is 10.4 Å². The molecule has 0 bridgehead atoms. The lowest BCUT2D eigenvalue weighted by Crippen LogP contribution is -2.36. The van der Waals surface area contributed by atoms with Crippen molar-refractivity contribution in [3.05, 3.63) is 36.4 Å². The van der Waals surface area contributed by atoms with Crippen LogP contribution in [0, 0.1) is 0 Å². The molecule has 0 spiro atoms. The minimum atomic E-state index is -1.06. The molecule has 2 aromatic heterocycles. The van der Waals surface area contributed by atoms with Crippen LogP contribution in [0.3, 0.4) is 0 Å². The third-order valence-corrected chi connectivity index (χ3v) is 2.91. The molecule has 112 valence electrons. The lowest BCUT2D eigenvalue weighted by molar-refractivity contribution is -0.122. The van der Waals surface area contributed by atoms with Gasteiger partial charge in [-0.15, -0.1) is 0 Å². The number of nitrogens with one attached hydrogen (secondary N) is 1. The fourth-order valence-corrected chi connectivity index (χ4v) is 1.98. The van der Waals surface area contributed by atoms with Crippen LogP contribution in [0.1, 0.15) is 23.8 Å². The molecule has 2 rings (SSSR count). The second kappa shape index (κ2) is 6.69. The van der Waals surface area contributed by atoms with Crippen molar-refractivity contribution < 1.29 is 14.7 Å². The smallest absolute Gasteiger partial charge is 0.354 e. The monoisotopic (exact) mass is 291 g/mol. The van der Waals surface area contributed by atoms with Crippen molar-refractivity contribution in [1.29, 1.82) is 0 Å². The molecule has 2 aromatic rings. The van der Waals surface area contributed by atoms with E-state index in [-0.39, 0.29) is 30.6 Å². The van der Waals surface area contributed by atoms with E-state index in [9.17, 15) is 9.59 Å². The number of hydrogen-bond donors (Lipinski definition) is 2. The summed E-state index contributed by atoms with van der Waals surface area (Å²) in [4.78, 5) is 22.7. The summed E-state index contributed by atoms with van der Waals surface area (Å²) in [7, 11) is 0. The van der Waals surface area contributed by atoms with Crippen molar-refractivity contribution in [3.8, 4) is 0 Å². The Labute approximate surface area is 121 Å². The lowest BCUT2D eigenvalue weighted by atomic mass is 10.3. The summed E-state index contributed by atoms with van der Waals surface area (Å²) in [6, 6.07) is 3.16. The van der Waals surface area contributed by atoms with E-state index in [1.54, 1.807) is 10.9 Å². The quantitative estimate of drug-likeness (QED) is 0.767. The van der Waals surface area contributed by atoms with Gasteiger partial charge in [-0.05, 0) is 19.1 Å². The van der Waals surface area contributed by atoms with Crippen LogP contribution in [-0.2, 0) is 17.9 Å². The third-order valence-electron chi connectivity index (χ3n) is 2.91. The van der Waals surface area contributed by atoms with Gasteiger partial charge in [-0.3, -0.25) is 14.2 Å². The maximum absolute atomic E-state index is 11.8. The summed E-state index contributed by atoms with van der Waals surface area (Å²) < 4.78 is 3.04. The highest BCUT2D eigenvalue weighted by atomic mass is 16.4. The Morgan fingerprint density at radius 2 is 2.19 bits per heavy atom. The number of aryl methyl sites for hydroxylation is 1. The normalized spacial score (nSPS) is 12.0. The van der Waals surface area contributed by atoms with Gasteiger partial charge in [0.1, 0.15) is 5.69 Å². The van der Waals surface area contributed by atoms with Crippen molar-refractivity contribution >= 4 is 11.9 Å². The Morgan fingerprint density at radius 3 is 2.86 bits per heavy atom. The SMILES string of the molecule is CC(Cn1cccn1)NC(=O)CCn1nccc1C(=O)O. The van der Waals surface area contributed by atoms with E-state index >= 15 is 0 Å². The van der Waals surface area contributed by atoms with Crippen molar-refractivity contribution in [2.24, 2.45) is 0 Å². The average Bonchev–Trinajstić information content (AvgIpc) is 3.06. The van der Waals surface area contributed by atoms with E-state index in [2.05, 4.69) is 15.5 Å². The first-order chi connectivity index (χ1) is 10.1. The highest BCUT2D eigenvalue weighted by molar-refractivity contribution is 5.85. The molecule has 8 nitrogen and oxygen atoms in total. The van der Waals surface area contributed by atoms with Crippen LogP contribution in [0.2, 0.25) is 0 Å². The Kier molecular flexibility index (Phi) is 4.70. The van der Waals surface area contributed by atoms with Gasteiger partial charge in [-0.2, -0.15) is 10.2 Å². The number of nitrogens with zero attached hydrogens (tertiary/aromatic N) is 4. The highest BCUT2D eigenvalue weighted by Crippen LogP contribution is 2.00. The predicted molar refractivity (Wildman–Crippen MR) is 73.6 cm³/mol. The van der Waals surface area contributed by atoms with Crippen LogP contribution in [-0.4, -0.2) is 42.6 Å². The Hall–Kier alpha value is -2.64. The molecule has 1 amide bonds. The zero-order valence-electron chi connectivity index (χ0n) is 11.6. The molecule has 0 saturated heterocycles. The standard InChI is InChI=1S/C13H17N5O3/c1-10(9-17-7-2-5-14-17)16-12(19)4-8-18-11(13(20)21)3-6-15-18/h2-3,5-7,10H,4,8-9H2,1H3,(H,16,19)(H,20,21). The van der Waals surface area contributed by atoms with Crippen LogP contribution < -0.4 is 5.32 Å². The van der Waals surface area contributed by atoms with E-state index in [0.29, 0.717) is 6.54 Å². The molecular weight excluding hydrogens is 274 g/mol. The highest BCUT2D eigenvalue weighted by Gasteiger charge is 2.12. The second-order valence-corrected chi connectivity index (χ2v) is 4.69. The Bertz CT molecular complexity index is 605. The lowest BCUT2D eigenvalue weighted by Gasteiger charge is -2.14. The number of aromatic carboxylic acids is 1. The van der Waals surface area contributed by atoms with Crippen LogP contribution in [0.15, 0.2) is 30.7 Å². The topological polar surface area (TPSA) is 102 Å². The average molecular weight is 291 g/mol. The summed E-state index contributed by atoms with van der Waals surface area (Å²) in [5, 5.41) is 19.7. The number of amides is 1. The Morgan fingerprint density at radius 1 is 1.38 bits per heavy atom. The van der Waals surface area contributed by atoms with Crippen LogP contribution >= 0.6 is 0 Å². The van der Waals surface area contributed by atoms with Gasteiger partial charge in [0.15, 0.2) is 0 Å². The van der Waals surface area contributed by atoms with Gasteiger partial charge in [0.25, 0.3) is 0 Å². The number of aromatic nitrogens is 4. The number of carbonyl (C=O) groups is 2. The predicted octanol–water partition coefficient (Wildman–Crippen LogP) is 0.373. The molecule has 0 aromatic carbocycles. The fourth-order valence-electron chi connectivity index (χ4n) is 1.98. The Balaban J connectivity index is 1.79. The van der Waals surface area contributed by atoms with Gasteiger partial charge in [0.2, 0.25) is 5.91 Å². The van der Waals surface area contributed by atoms with Crippen molar-refractivity contribution in [2.45, 2.75) is 32.5 Å². The van der Waals surface area contributed by atoms with Gasteiger partial charge in [0, 0.05) is 31.1 Å². The summed E-state index contributed by atoms with van der Waals surface area (Å²) in [6.07, 6.45) is 5.08. The maximum Gasteiger partial charge on any atom is 0.354 e. The molecule has 0 fully saturated rings. The van der Waals surface area contributed by atoms with E-state index in [0.717, 1.165) is 0 Å². The summed E-state index contributed by atoms with van der Waals surface area (Å²) in [5.74, 6) is -1.21. The van der Waals surface area contributed by atoms with E-state index in [1.807, 2.05) is 19.2 Å². The zero-order chi connectivity index (χ0) is 15.2.